The van der Waals surface area contributed by atoms with E-state index >= 15 is 0 Å². The summed E-state index contributed by atoms with van der Waals surface area (Å²) < 4.78 is 0. The summed E-state index contributed by atoms with van der Waals surface area (Å²) in [5.41, 5.74) is 11.5. The zero-order valence-electron chi connectivity index (χ0n) is 18.4. The quantitative estimate of drug-likeness (QED) is 0.289. The van der Waals surface area contributed by atoms with Gasteiger partial charge in [-0.25, -0.2) is 4.98 Å². The van der Waals surface area contributed by atoms with Gasteiger partial charge in [0.25, 0.3) is 0 Å². The maximum atomic E-state index is 5.06. The molecule has 1 nitrogen and oxygen atoms in total. The van der Waals surface area contributed by atoms with Crippen LogP contribution in [0.15, 0.2) is 115 Å². The fourth-order valence-corrected chi connectivity index (χ4v) is 4.11. The number of aryl methyl sites for hydroxylation is 2. The average molecular weight is 412 g/mol. The van der Waals surface area contributed by atoms with Crippen LogP contribution in [0.3, 0.4) is 0 Å². The van der Waals surface area contributed by atoms with Crippen molar-refractivity contribution in [1.29, 1.82) is 0 Å². The fraction of sp³-hybridized carbons (Fsp3) is 0.0645. The van der Waals surface area contributed by atoms with Gasteiger partial charge in [0.1, 0.15) is 0 Å². The molecule has 0 bridgehead atoms. The molecule has 5 rings (SSSR count). The second-order valence-electron chi connectivity index (χ2n) is 8.31. The molecule has 1 heteroatoms. The molecule has 0 radical (unpaired) electrons. The van der Waals surface area contributed by atoms with Crippen LogP contribution >= 0.6 is 0 Å². The van der Waals surface area contributed by atoms with Crippen molar-refractivity contribution in [2.75, 3.05) is 0 Å². The summed E-state index contributed by atoms with van der Waals surface area (Å²) in [4.78, 5) is 5.06. The molecule has 0 saturated heterocycles. The standard InChI is InChI=1S/C31H25N/c1-22-9-6-15-27(17-22)30-20-29(21-31(32-30)28-16-7-10-23(2)18-28)26-14-8-13-25(19-26)24-11-4-3-5-12-24/h3-21H,1-2H3. The minimum absolute atomic E-state index is 0.993. The first kappa shape index (κ1) is 20.0. The lowest BCUT2D eigenvalue weighted by Gasteiger charge is -2.12. The van der Waals surface area contributed by atoms with Gasteiger partial charge < -0.3 is 0 Å². The zero-order chi connectivity index (χ0) is 21.9. The van der Waals surface area contributed by atoms with Crippen LogP contribution in [0.25, 0.3) is 44.8 Å². The third kappa shape index (κ3) is 4.24. The molecule has 0 amide bonds. The van der Waals surface area contributed by atoms with E-state index in [1.165, 1.54) is 33.4 Å². The summed E-state index contributed by atoms with van der Waals surface area (Å²) in [6, 6.07) is 40.8. The van der Waals surface area contributed by atoms with E-state index in [9.17, 15) is 0 Å². The van der Waals surface area contributed by atoms with Crippen LogP contribution in [0, 0.1) is 13.8 Å². The van der Waals surface area contributed by atoms with Gasteiger partial charge in [-0.2, -0.15) is 0 Å². The minimum atomic E-state index is 0.993. The molecule has 0 fully saturated rings. The van der Waals surface area contributed by atoms with E-state index in [4.69, 9.17) is 4.98 Å². The van der Waals surface area contributed by atoms with Crippen molar-refractivity contribution < 1.29 is 0 Å². The lowest BCUT2D eigenvalue weighted by atomic mass is 9.96. The Hall–Kier alpha value is -3.97. The molecule has 32 heavy (non-hydrogen) atoms. The van der Waals surface area contributed by atoms with E-state index in [0.29, 0.717) is 0 Å². The predicted molar refractivity (Wildman–Crippen MR) is 135 cm³/mol. The van der Waals surface area contributed by atoms with Crippen LogP contribution in [0.4, 0.5) is 0 Å². The van der Waals surface area contributed by atoms with Crippen LogP contribution in [-0.4, -0.2) is 4.98 Å². The van der Waals surface area contributed by atoms with E-state index in [2.05, 4.69) is 129 Å². The van der Waals surface area contributed by atoms with E-state index in [1.807, 2.05) is 0 Å². The van der Waals surface area contributed by atoms with Crippen LogP contribution in [0.5, 0.6) is 0 Å². The SMILES string of the molecule is Cc1cccc(-c2cc(-c3cccc(-c4ccccc4)c3)cc(-c3cccc(C)c3)n2)c1. The smallest absolute Gasteiger partial charge is 0.0715 e. The summed E-state index contributed by atoms with van der Waals surface area (Å²) in [6.45, 7) is 4.25. The lowest BCUT2D eigenvalue weighted by molar-refractivity contribution is 1.31. The third-order valence-corrected chi connectivity index (χ3v) is 5.76. The van der Waals surface area contributed by atoms with Gasteiger partial charge in [-0.3, -0.25) is 0 Å². The molecule has 0 aliphatic carbocycles. The number of benzene rings is 4. The van der Waals surface area contributed by atoms with Gasteiger partial charge in [0.15, 0.2) is 0 Å². The summed E-state index contributed by atoms with van der Waals surface area (Å²) >= 11 is 0. The number of aromatic nitrogens is 1. The summed E-state index contributed by atoms with van der Waals surface area (Å²) in [6.07, 6.45) is 0. The van der Waals surface area contributed by atoms with Crippen LogP contribution < -0.4 is 0 Å². The Morgan fingerprint density at radius 1 is 0.375 bits per heavy atom. The highest BCUT2D eigenvalue weighted by molar-refractivity contribution is 5.79. The molecule has 1 heterocycles. The van der Waals surface area contributed by atoms with Crippen molar-refractivity contribution in [3.8, 4) is 44.8 Å². The molecule has 5 aromatic rings. The van der Waals surface area contributed by atoms with E-state index in [0.717, 1.165) is 22.5 Å². The monoisotopic (exact) mass is 411 g/mol. The van der Waals surface area contributed by atoms with E-state index < -0.39 is 0 Å². The molecule has 4 aromatic carbocycles. The molecule has 0 N–H and O–H groups in total. The Bertz CT molecular complexity index is 1320. The molecule has 0 saturated carbocycles. The highest BCUT2D eigenvalue weighted by atomic mass is 14.7. The van der Waals surface area contributed by atoms with E-state index in [-0.39, 0.29) is 0 Å². The highest BCUT2D eigenvalue weighted by Crippen LogP contribution is 2.32. The summed E-state index contributed by atoms with van der Waals surface area (Å²) in [5, 5.41) is 0. The van der Waals surface area contributed by atoms with Crippen LogP contribution in [-0.2, 0) is 0 Å². The second kappa shape index (κ2) is 8.64. The first-order valence-electron chi connectivity index (χ1n) is 11.0. The first-order valence-corrected chi connectivity index (χ1v) is 11.0. The van der Waals surface area contributed by atoms with Gasteiger partial charge in [-0.15, -0.1) is 0 Å². The largest absolute Gasteiger partial charge is 0.248 e. The molecular weight excluding hydrogens is 386 g/mol. The molecule has 0 aliphatic rings. The van der Waals surface area contributed by atoms with Gasteiger partial charge in [-0.1, -0.05) is 96.1 Å². The highest BCUT2D eigenvalue weighted by Gasteiger charge is 2.10. The van der Waals surface area contributed by atoms with Crippen molar-refractivity contribution in [3.63, 3.8) is 0 Å². The van der Waals surface area contributed by atoms with Crippen LogP contribution in [0.1, 0.15) is 11.1 Å². The van der Waals surface area contributed by atoms with Crippen molar-refractivity contribution >= 4 is 0 Å². The van der Waals surface area contributed by atoms with Crippen molar-refractivity contribution in [1.82, 2.24) is 4.98 Å². The number of rotatable bonds is 4. The zero-order valence-corrected chi connectivity index (χ0v) is 18.4. The van der Waals surface area contributed by atoms with Gasteiger partial charge in [0, 0.05) is 11.1 Å². The lowest BCUT2D eigenvalue weighted by Crippen LogP contribution is -1.92. The van der Waals surface area contributed by atoms with Gasteiger partial charge >= 0.3 is 0 Å². The van der Waals surface area contributed by atoms with Crippen molar-refractivity contribution in [2.45, 2.75) is 13.8 Å². The third-order valence-electron chi connectivity index (χ3n) is 5.76. The van der Waals surface area contributed by atoms with Crippen molar-refractivity contribution in [3.05, 3.63) is 126 Å². The molecule has 0 unspecified atom stereocenters. The Balaban J connectivity index is 1.68. The minimum Gasteiger partial charge on any atom is -0.248 e. The summed E-state index contributed by atoms with van der Waals surface area (Å²) in [5.74, 6) is 0. The van der Waals surface area contributed by atoms with Crippen molar-refractivity contribution in [2.24, 2.45) is 0 Å². The average Bonchev–Trinajstić information content (AvgIpc) is 2.84. The number of hydrogen-bond donors (Lipinski definition) is 0. The Morgan fingerprint density at radius 2 is 0.844 bits per heavy atom. The predicted octanol–water partition coefficient (Wildman–Crippen LogP) is 8.37. The van der Waals surface area contributed by atoms with Gasteiger partial charge in [0.05, 0.1) is 11.4 Å². The van der Waals surface area contributed by atoms with Crippen LogP contribution in [0.2, 0.25) is 0 Å². The molecule has 0 atom stereocenters. The number of nitrogens with zero attached hydrogens (tertiary/aromatic N) is 1. The Kier molecular flexibility index (Phi) is 5.39. The second-order valence-corrected chi connectivity index (χ2v) is 8.31. The molecule has 1 aromatic heterocycles. The van der Waals surface area contributed by atoms with Gasteiger partial charge in [0.2, 0.25) is 0 Å². The molecule has 154 valence electrons. The number of pyridine rings is 1. The molecular formula is C31H25N. The molecule has 0 spiro atoms. The maximum absolute atomic E-state index is 5.06. The van der Waals surface area contributed by atoms with E-state index in [1.54, 1.807) is 0 Å². The Morgan fingerprint density at radius 3 is 1.41 bits per heavy atom. The normalized spacial score (nSPS) is 10.8. The fourth-order valence-electron chi connectivity index (χ4n) is 4.11. The maximum Gasteiger partial charge on any atom is 0.0715 e. The van der Waals surface area contributed by atoms with Gasteiger partial charge in [-0.05, 0) is 66.4 Å². The first-order chi connectivity index (χ1) is 15.7. The molecule has 0 aliphatic heterocycles. The topological polar surface area (TPSA) is 12.9 Å². The number of hydrogen-bond acceptors (Lipinski definition) is 1. The summed E-state index contributed by atoms with van der Waals surface area (Å²) in [7, 11) is 0. The Labute approximate surface area is 190 Å².